The summed E-state index contributed by atoms with van der Waals surface area (Å²) in [6.45, 7) is 2.73. The molecule has 2 rings (SSSR count). The molecule has 0 amide bonds. The van der Waals surface area contributed by atoms with Gasteiger partial charge in [0, 0.05) is 13.1 Å². The van der Waals surface area contributed by atoms with E-state index in [2.05, 4.69) is 26.7 Å². The number of hydrogen-bond acceptors (Lipinski definition) is 5. The first kappa shape index (κ1) is 11.7. The monoisotopic (exact) mass is 235 g/mol. The molecule has 0 fully saturated rings. The number of hydrogen-bond donors (Lipinski definition) is 4. The van der Waals surface area contributed by atoms with Crippen LogP contribution in [0.1, 0.15) is 12.8 Å². The Kier molecular flexibility index (Phi) is 3.77. The second-order valence-electron chi connectivity index (χ2n) is 3.99. The first-order valence-corrected chi connectivity index (χ1v) is 5.73. The van der Waals surface area contributed by atoms with Gasteiger partial charge < -0.3 is 21.4 Å². The van der Waals surface area contributed by atoms with Crippen molar-refractivity contribution in [1.82, 2.24) is 15.3 Å². The van der Waals surface area contributed by atoms with Crippen molar-refractivity contribution in [2.45, 2.75) is 12.8 Å². The van der Waals surface area contributed by atoms with Crippen molar-refractivity contribution >= 4 is 11.5 Å². The first-order chi connectivity index (χ1) is 8.27. The lowest BCUT2D eigenvalue weighted by molar-refractivity contribution is 0.683. The zero-order valence-electron chi connectivity index (χ0n) is 9.62. The largest absolute Gasteiger partial charge is 0.391 e. The number of nitrogens with two attached hydrogens (primary N) is 1. The average Bonchev–Trinajstić information content (AvgIpc) is 2.36. The molecule has 92 valence electrons. The zero-order valence-corrected chi connectivity index (χ0v) is 9.62. The summed E-state index contributed by atoms with van der Waals surface area (Å²) in [5.41, 5.74) is 6.88. The minimum Gasteiger partial charge on any atom is -0.391 e. The van der Waals surface area contributed by atoms with Crippen molar-refractivity contribution < 1.29 is 0 Å². The van der Waals surface area contributed by atoms with Crippen LogP contribution in [-0.4, -0.2) is 29.6 Å². The molecule has 1 aromatic heterocycles. The van der Waals surface area contributed by atoms with E-state index in [4.69, 9.17) is 5.73 Å². The Labute approximate surface area is 99.3 Å². The van der Waals surface area contributed by atoms with E-state index in [-0.39, 0.29) is 11.2 Å². The van der Waals surface area contributed by atoms with Gasteiger partial charge in [0.25, 0.3) is 5.56 Å². The number of H-pyrrole nitrogens is 1. The summed E-state index contributed by atoms with van der Waals surface area (Å²) in [5, 5.41) is 6.35. The van der Waals surface area contributed by atoms with Crippen LogP contribution in [0.3, 0.4) is 0 Å². The van der Waals surface area contributed by atoms with E-state index < -0.39 is 0 Å². The number of rotatable bonds is 4. The Morgan fingerprint density at radius 3 is 3.18 bits per heavy atom. The molecule has 1 aliphatic heterocycles. The zero-order chi connectivity index (χ0) is 12.1. The molecule has 0 radical (unpaired) electrons. The number of nitrogens with one attached hydrogen (secondary N) is 3. The summed E-state index contributed by atoms with van der Waals surface area (Å²) in [6, 6.07) is 0. The van der Waals surface area contributed by atoms with Crippen LogP contribution in [0.25, 0.3) is 0 Å². The highest BCUT2D eigenvalue weighted by Gasteiger charge is 2.05. The number of nitrogen functional groups attached to an aromatic ring is 1. The molecule has 0 saturated heterocycles. The molecule has 2 heterocycles. The molecule has 0 atom stereocenters. The van der Waals surface area contributed by atoms with Gasteiger partial charge in [-0.05, 0) is 19.4 Å². The Bertz CT molecular complexity index is 465. The Morgan fingerprint density at radius 2 is 2.41 bits per heavy atom. The predicted octanol–water partition coefficient (Wildman–Crippen LogP) is 0.0738. The lowest BCUT2D eigenvalue weighted by Crippen LogP contribution is -2.21. The molecule has 0 aromatic carbocycles. The van der Waals surface area contributed by atoms with E-state index in [1.807, 2.05) is 0 Å². The fourth-order valence-corrected chi connectivity index (χ4v) is 1.79. The van der Waals surface area contributed by atoms with E-state index in [0.29, 0.717) is 5.82 Å². The first-order valence-electron chi connectivity index (χ1n) is 5.73. The van der Waals surface area contributed by atoms with Gasteiger partial charge in [-0.1, -0.05) is 11.6 Å². The number of aromatic amines is 1. The number of nitrogens with zero attached hydrogens (tertiary/aromatic N) is 1. The van der Waals surface area contributed by atoms with E-state index in [1.165, 1.54) is 11.9 Å². The van der Waals surface area contributed by atoms with Crippen LogP contribution in [0.2, 0.25) is 0 Å². The molecule has 0 bridgehead atoms. The van der Waals surface area contributed by atoms with Crippen LogP contribution in [0.4, 0.5) is 11.5 Å². The second kappa shape index (κ2) is 5.49. The van der Waals surface area contributed by atoms with Crippen LogP contribution in [0.5, 0.6) is 0 Å². The van der Waals surface area contributed by atoms with Gasteiger partial charge in [-0.15, -0.1) is 0 Å². The van der Waals surface area contributed by atoms with Gasteiger partial charge in [-0.2, -0.15) is 0 Å². The van der Waals surface area contributed by atoms with Gasteiger partial charge in [-0.3, -0.25) is 4.79 Å². The second-order valence-corrected chi connectivity index (χ2v) is 3.99. The standard InChI is InChI=1S/C11H17N5O/c12-9-10(15-7-16-11(9)17)14-6-3-8-1-4-13-5-2-8/h1,7,13H,2-6,12H2,(H2,14,15,16,17). The van der Waals surface area contributed by atoms with Crippen molar-refractivity contribution in [2.75, 3.05) is 30.7 Å². The van der Waals surface area contributed by atoms with E-state index >= 15 is 0 Å². The molecule has 17 heavy (non-hydrogen) atoms. The van der Waals surface area contributed by atoms with Gasteiger partial charge in [0.1, 0.15) is 5.69 Å². The molecule has 0 aliphatic carbocycles. The molecule has 1 aliphatic rings. The van der Waals surface area contributed by atoms with Gasteiger partial charge >= 0.3 is 0 Å². The SMILES string of the molecule is Nc1c(NCCC2=CCNCC2)nc[nH]c1=O. The third-order valence-electron chi connectivity index (χ3n) is 2.79. The molecule has 0 saturated carbocycles. The van der Waals surface area contributed by atoms with Crippen molar-refractivity contribution in [3.63, 3.8) is 0 Å². The maximum atomic E-state index is 11.2. The fourth-order valence-electron chi connectivity index (χ4n) is 1.79. The Morgan fingerprint density at radius 1 is 1.53 bits per heavy atom. The topological polar surface area (TPSA) is 95.8 Å². The quantitative estimate of drug-likeness (QED) is 0.554. The highest BCUT2D eigenvalue weighted by atomic mass is 16.1. The highest BCUT2D eigenvalue weighted by Crippen LogP contribution is 2.11. The van der Waals surface area contributed by atoms with E-state index in [9.17, 15) is 4.79 Å². The van der Waals surface area contributed by atoms with Crippen LogP contribution < -0.4 is 21.9 Å². The third-order valence-corrected chi connectivity index (χ3v) is 2.79. The average molecular weight is 235 g/mol. The predicted molar refractivity (Wildman–Crippen MR) is 67.9 cm³/mol. The van der Waals surface area contributed by atoms with E-state index in [0.717, 1.165) is 32.5 Å². The van der Waals surface area contributed by atoms with Gasteiger partial charge in [0.05, 0.1) is 6.33 Å². The lowest BCUT2D eigenvalue weighted by Gasteiger charge is -2.14. The molecule has 0 unspecified atom stereocenters. The highest BCUT2D eigenvalue weighted by molar-refractivity contribution is 5.58. The smallest absolute Gasteiger partial charge is 0.276 e. The maximum Gasteiger partial charge on any atom is 0.276 e. The number of anilines is 2. The van der Waals surface area contributed by atoms with E-state index in [1.54, 1.807) is 0 Å². The summed E-state index contributed by atoms with van der Waals surface area (Å²) in [7, 11) is 0. The maximum absolute atomic E-state index is 11.2. The normalized spacial score (nSPS) is 15.4. The summed E-state index contributed by atoms with van der Waals surface area (Å²) < 4.78 is 0. The van der Waals surface area contributed by atoms with Crippen LogP contribution in [-0.2, 0) is 0 Å². The van der Waals surface area contributed by atoms with Crippen molar-refractivity contribution in [3.05, 3.63) is 28.3 Å². The van der Waals surface area contributed by atoms with Crippen molar-refractivity contribution in [3.8, 4) is 0 Å². The molecule has 1 aromatic rings. The Balaban J connectivity index is 1.87. The van der Waals surface area contributed by atoms with Crippen LogP contribution in [0.15, 0.2) is 22.8 Å². The minimum absolute atomic E-state index is 0.145. The molecule has 6 nitrogen and oxygen atoms in total. The molecular weight excluding hydrogens is 218 g/mol. The molecule has 6 heteroatoms. The fraction of sp³-hybridized carbons (Fsp3) is 0.455. The summed E-state index contributed by atoms with van der Waals surface area (Å²) in [5.74, 6) is 0.461. The Hall–Kier alpha value is -1.82. The van der Waals surface area contributed by atoms with Crippen molar-refractivity contribution in [2.24, 2.45) is 0 Å². The van der Waals surface area contributed by atoms with Crippen LogP contribution in [0, 0.1) is 0 Å². The summed E-state index contributed by atoms with van der Waals surface area (Å²) >= 11 is 0. The van der Waals surface area contributed by atoms with Crippen LogP contribution >= 0.6 is 0 Å². The lowest BCUT2D eigenvalue weighted by atomic mass is 10.1. The number of aromatic nitrogens is 2. The molecule has 0 spiro atoms. The summed E-state index contributed by atoms with van der Waals surface area (Å²) in [6.07, 6.45) is 5.60. The molecule has 5 N–H and O–H groups in total. The molecular formula is C11H17N5O. The van der Waals surface area contributed by atoms with Gasteiger partial charge in [-0.25, -0.2) is 4.98 Å². The minimum atomic E-state index is -0.302. The third kappa shape index (κ3) is 3.07. The summed E-state index contributed by atoms with van der Waals surface area (Å²) in [4.78, 5) is 17.7. The van der Waals surface area contributed by atoms with Gasteiger partial charge in [0.15, 0.2) is 5.82 Å². The van der Waals surface area contributed by atoms with Crippen molar-refractivity contribution in [1.29, 1.82) is 0 Å². The van der Waals surface area contributed by atoms with Gasteiger partial charge in [0.2, 0.25) is 0 Å².